The molecule has 1 aromatic rings. The fraction of sp³-hybridized carbons (Fsp3) is 0.455. The molecule has 0 saturated heterocycles. The van der Waals surface area contributed by atoms with Crippen LogP contribution in [0.3, 0.4) is 0 Å². The van der Waals surface area contributed by atoms with E-state index in [1.54, 1.807) is 25.1 Å². The molecular formula is C11H15ClO3. The van der Waals surface area contributed by atoms with Gasteiger partial charge in [-0.25, -0.2) is 0 Å². The van der Waals surface area contributed by atoms with Crippen LogP contribution in [0.1, 0.15) is 23.7 Å². The van der Waals surface area contributed by atoms with Crippen molar-refractivity contribution in [2.45, 2.75) is 25.6 Å². The summed E-state index contributed by atoms with van der Waals surface area (Å²) in [5.74, 6) is 0.403. The second kappa shape index (κ2) is 5.35. The van der Waals surface area contributed by atoms with Gasteiger partial charge in [-0.05, 0) is 30.5 Å². The number of phenolic OH excluding ortho intramolecular Hbond substituents is 1. The quantitative estimate of drug-likeness (QED) is 0.691. The van der Waals surface area contributed by atoms with Crippen molar-refractivity contribution in [3.63, 3.8) is 0 Å². The van der Waals surface area contributed by atoms with Gasteiger partial charge in [-0.2, -0.15) is 0 Å². The second-order valence-corrected chi connectivity index (χ2v) is 3.86. The molecule has 0 aliphatic carbocycles. The largest absolute Gasteiger partial charge is 0.508 e. The van der Waals surface area contributed by atoms with Crippen LogP contribution in [0, 0.1) is 6.92 Å². The van der Waals surface area contributed by atoms with Crippen molar-refractivity contribution in [3.05, 3.63) is 29.3 Å². The molecule has 3 N–H and O–H groups in total. The first-order chi connectivity index (χ1) is 7.07. The van der Waals surface area contributed by atoms with Gasteiger partial charge in [-0.3, -0.25) is 0 Å². The first-order valence-electron chi connectivity index (χ1n) is 4.78. The van der Waals surface area contributed by atoms with Gasteiger partial charge in [-0.1, -0.05) is 12.1 Å². The van der Waals surface area contributed by atoms with Crippen LogP contribution in [-0.2, 0) is 0 Å². The standard InChI is InChI=1S/C11H15ClO3/c1-7-8(3-2-4-9(7)13)11(15)10(14)5-6-12/h2-4,10-11,13-15H,5-6H2,1H3. The van der Waals surface area contributed by atoms with Crippen molar-refractivity contribution in [3.8, 4) is 5.75 Å². The van der Waals surface area contributed by atoms with E-state index in [1.807, 2.05) is 0 Å². The first kappa shape index (κ1) is 12.3. The Balaban J connectivity index is 2.90. The van der Waals surface area contributed by atoms with E-state index in [1.165, 1.54) is 0 Å². The molecule has 4 heteroatoms. The van der Waals surface area contributed by atoms with Gasteiger partial charge < -0.3 is 15.3 Å². The number of halogens is 1. The topological polar surface area (TPSA) is 60.7 Å². The van der Waals surface area contributed by atoms with E-state index in [0.29, 0.717) is 17.5 Å². The second-order valence-electron chi connectivity index (χ2n) is 3.48. The smallest absolute Gasteiger partial charge is 0.118 e. The Morgan fingerprint density at radius 2 is 2.00 bits per heavy atom. The van der Waals surface area contributed by atoms with Gasteiger partial charge in [0.1, 0.15) is 11.9 Å². The number of rotatable bonds is 4. The van der Waals surface area contributed by atoms with Crippen LogP contribution in [0.15, 0.2) is 18.2 Å². The molecule has 0 aliphatic heterocycles. The average Bonchev–Trinajstić information content (AvgIpc) is 2.21. The molecule has 15 heavy (non-hydrogen) atoms. The molecule has 0 aromatic heterocycles. The van der Waals surface area contributed by atoms with E-state index in [-0.39, 0.29) is 11.6 Å². The highest BCUT2D eigenvalue weighted by Crippen LogP contribution is 2.27. The molecule has 0 radical (unpaired) electrons. The Morgan fingerprint density at radius 3 is 2.60 bits per heavy atom. The summed E-state index contributed by atoms with van der Waals surface area (Å²) in [6.45, 7) is 1.70. The zero-order chi connectivity index (χ0) is 11.4. The van der Waals surface area contributed by atoms with Crippen LogP contribution in [0.25, 0.3) is 0 Å². The predicted octanol–water partition coefficient (Wildman–Crippen LogP) is 1.72. The van der Waals surface area contributed by atoms with E-state index in [0.717, 1.165) is 0 Å². The van der Waals surface area contributed by atoms with Crippen molar-refractivity contribution in [2.75, 3.05) is 5.88 Å². The van der Waals surface area contributed by atoms with Gasteiger partial charge in [0.25, 0.3) is 0 Å². The highest BCUT2D eigenvalue weighted by atomic mass is 35.5. The molecular weight excluding hydrogens is 216 g/mol. The van der Waals surface area contributed by atoms with Crippen LogP contribution in [0.4, 0.5) is 0 Å². The summed E-state index contributed by atoms with van der Waals surface area (Å²) in [5.41, 5.74) is 1.12. The van der Waals surface area contributed by atoms with Gasteiger partial charge in [0.05, 0.1) is 6.10 Å². The molecule has 0 spiro atoms. The molecule has 0 saturated carbocycles. The maximum Gasteiger partial charge on any atom is 0.118 e. The van der Waals surface area contributed by atoms with E-state index in [9.17, 15) is 15.3 Å². The summed E-state index contributed by atoms with van der Waals surface area (Å²) >= 11 is 5.48. The van der Waals surface area contributed by atoms with Crippen molar-refractivity contribution < 1.29 is 15.3 Å². The third kappa shape index (κ3) is 2.84. The summed E-state index contributed by atoms with van der Waals surface area (Å²) in [5, 5.41) is 28.8. The number of hydrogen-bond acceptors (Lipinski definition) is 3. The normalized spacial score (nSPS) is 14.9. The summed E-state index contributed by atoms with van der Waals surface area (Å²) in [6.07, 6.45) is -1.59. The minimum atomic E-state index is -1.00. The van der Waals surface area contributed by atoms with E-state index in [4.69, 9.17) is 11.6 Å². The zero-order valence-electron chi connectivity index (χ0n) is 8.52. The van der Waals surface area contributed by atoms with Crippen LogP contribution < -0.4 is 0 Å². The fourth-order valence-electron chi connectivity index (χ4n) is 1.44. The number of aliphatic hydroxyl groups is 2. The third-order valence-corrected chi connectivity index (χ3v) is 2.65. The van der Waals surface area contributed by atoms with Crippen molar-refractivity contribution in [1.82, 2.24) is 0 Å². The first-order valence-corrected chi connectivity index (χ1v) is 5.32. The lowest BCUT2D eigenvalue weighted by Crippen LogP contribution is -2.19. The number of benzene rings is 1. The van der Waals surface area contributed by atoms with E-state index < -0.39 is 12.2 Å². The molecule has 0 aliphatic rings. The van der Waals surface area contributed by atoms with E-state index >= 15 is 0 Å². The Morgan fingerprint density at radius 1 is 1.33 bits per heavy atom. The number of alkyl halides is 1. The van der Waals surface area contributed by atoms with Crippen LogP contribution in [0.2, 0.25) is 0 Å². The molecule has 84 valence electrons. The Labute approximate surface area is 93.9 Å². The number of phenols is 1. The van der Waals surface area contributed by atoms with Crippen molar-refractivity contribution in [2.24, 2.45) is 0 Å². The van der Waals surface area contributed by atoms with Gasteiger partial charge in [0, 0.05) is 5.88 Å². The van der Waals surface area contributed by atoms with Gasteiger partial charge >= 0.3 is 0 Å². The summed E-state index contributed by atoms with van der Waals surface area (Å²) in [7, 11) is 0. The molecule has 2 atom stereocenters. The maximum absolute atomic E-state index is 9.81. The summed E-state index contributed by atoms with van der Waals surface area (Å²) < 4.78 is 0. The van der Waals surface area contributed by atoms with Gasteiger partial charge in [0.15, 0.2) is 0 Å². The molecule has 0 bridgehead atoms. The van der Waals surface area contributed by atoms with Crippen LogP contribution in [0.5, 0.6) is 5.75 Å². The lowest BCUT2D eigenvalue weighted by atomic mass is 9.98. The zero-order valence-corrected chi connectivity index (χ0v) is 9.28. The molecule has 1 rings (SSSR count). The minimum Gasteiger partial charge on any atom is -0.508 e. The highest BCUT2D eigenvalue weighted by Gasteiger charge is 2.20. The summed E-state index contributed by atoms with van der Waals surface area (Å²) in [4.78, 5) is 0. The average molecular weight is 231 g/mol. The van der Waals surface area contributed by atoms with Gasteiger partial charge in [-0.15, -0.1) is 11.6 Å². The number of hydrogen-bond donors (Lipinski definition) is 3. The van der Waals surface area contributed by atoms with E-state index in [2.05, 4.69) is 0 Å². The lowest BCUT2D eigenvalue weighted by Gasteiger charge is -2.19. The Kier molecular flexibility index (Phi) is 4.39. The highest BCUT2D eigenvalue weighted by molar-refractivity contribution is 6.17. The summed E-state index contributed by atoms with van der Waals surface area (Å²) in [6, 6.07) is 4.85. The van der Waals surface area contributed by atoms with Crippen molar-refractivity contribution in [1.29, 1.82) is 0 Å². The molecule has 0 heterocycles. The lowest BCUT2D eigenvalue weighted by molar-refractivity contribution is 0.0165. The molecule has 3 nitrogen and oxygen atoms in total. The molecule has 0 amide bonds. The Hall–Kier alpha value is -0.770. The minimum absolute atomic E-state index is 0.115. The van der Waals surface area contributed by atoms with Crippen molar-refractivity contribution >= 4 is 11.6 Å². The maximum atomic E-state index is 9.81. The van der Waals surface area contributed by atoms with Crippen LogP contribution in [-0.4, -0.2) is 27.3 Å². The van der Waals surface area contributed by atoms with Gasteiger partial charge in [0.2, 0.25) is 0 Å². The third-order valence-electron chi connectivity index (χ3n) is 2.44. The fourth-order valence-corrected chi connectivity index (χ4v) is 1.66. The monoisotopic (exact) mass is 230 g/mol. The molecule has 1 aromatic carbocycles. The SMILES string of the molecule is Cc1c(O)cccc1C(O)C(O)CCCl. The number of aromatic hydroxyl groups is 1. The molecule has 2 unspecified atom stereocenters. The number of aliphatic hydroxyl groups excluding tert-OH is 2. The van der Waals surface area contributed by atoms with Crippen LogP contribution >= 0.6 is 11.6 Å². The molecule has 0 fully saturated rings. The predicted molar refractivity (Wildman–Crippen MR) is 59.1 cm³/mol. The Bertz CT molecular complexity index is 328.